The molecule has 1 aliphatic rings. The lowest BCUT2D eigenvalue weighted by molar-refractivity contribution is 0.0682. The molecule has 8 heteroatoms. The van der Waals surface area contributed by atoms with Crippen molar-refractivity contribution >= 4 is 26.8 Å². The highest BCUT2D eigenvalue weighted by molar-refractivity contribution is 7.88. The molecule has 3 rings (SSSR count). The van der Waals surface area contributed by atoms with Gasteiger partial charge in [0.05, 0.1) is 11.8 Å². The molecule has 1 saturated heterocycles. The fourth-order valence-electron chi connectivity index (χ4n) is 2.98. The summed E-state index contributed by atoms with van der Waals surface area (Å²) in [6.07, 6.45) is 2.48. The molecule has 2 heterocycles. The van der Waals surface area contributed by atoms with Crippen LogP contribution in [0.2, 0.25) is 0 Å². The Hall–Kier alpha value is -1.93. The lowest BCUT2D eigenvalue weighted by Gasteiger charge is -2.35. The Balaban J connectivity index is 1.72. The maximum Gasteiger partial charge on any atom is 0.274 e. The number of carbonyl (C=O) groups excluding carboxylic acids is 1. The topological polar surface area (TPSA) is 86.4 Å². The summed E-state index contributed by atoms with van der Waals surface area (Å²) in [4.78, 5) is 14.4. The van der Waals surface area contributed by atoms with Gasteiger partial charge in [0.2, 0.25) is 10.0 Å². The molecule has 1 amide bonds. The minimum absolute atomic E-state index is 0.0509. The van der Waals surface area contributed by atoms with E-state index in [1.54, 1.807) is 11.9 Å². The number of para-hydroxylation sites is 1. The third kappa shape index (κ3) is 3.09. The highest BCUT2D eigenvalue weighted by Gasteiger charge is 2.30. The van der Waals surface area contributed by atoms with Crippen molar-refractivity contribution < 1.29 is 13.2 Å². The van der Waals surface area contributed by atoms with E-state index in [1.165, 1.54) is 10.6 Å². The molecule has 7 nitrogen and oxygen atoms in total. The summed E-state index contributed by atoms with van der Waals surface area (Å²) in [6, 6.07) is 7.47. The van der Waals surface area contributed by atoms with Gasteiger partial charge in [0.1, 0.15) is 0 Å². The SMILES string of the molecule is CN(C1CCN(C(=O)c2n[nH]c3ccccc23)CC1)S(C)(=O)=O. The van der Waals surface area contributed by atoms with Gasteiger partial charge in [-0.1, -0.05) is 18.2 Å². The maximum absolute atomic E-state index is 12.7. The number of nitrogens with one attached hydrogen (secondary N) is 1. The number of aromatic nitrogens is 2. The molecular weight excluding hydrogens is 316 g/mol. The van der Waals surface area contributed by atoms with E-state index in [1.807, 2.05) is 24.3 Å². The number of rotatable bonds is 3. The minimum Gasteiger partial charge on any atom is -0.337 e. The first-order chi connectivity index (χ1) is 10.9. The predicted molar refractivity (Wildman–Crippen MR) is 87.6 cm³/mol. The van der Waals surface area contributed by atoms with Crippen LogP contribution in [0.3, 0.4) is 0 Å². The van der Waals surface area contributed by atoms with E-state index in [0.29, 0.717) is 31.6 Å². The summed E-state index contributed by atoms with van der Waals surface area (Å²) in [5.74, 6) is -0.108. The van der Waals surface area contributed by atoms with Crippen LogP contribution < -0.4 is 0 Å². The number of fused-ring (bicyclic) bond motifs is 1. The molecule has 1 fully saturated rings. The van der Waals surface area contributed by atoms with Crippen LogP contribution in [0.15, 0.2) is 24.3 Å². The van der Waals surface area contributed by atoms with Gasteiger partial charge in [-0.2, -0.15) is 5.10 Å². The molecule has 0 aliphatic carbocycles. The quantitative estimate of drug-likeness (QED) is 0.908. The van der Waals surface area contributed by atoms with E-state index in [0.717, 1.165) is 10.9 Å². The average Bonchev–Trinajstić information content (AvgIpc) is 2.97. The Morgan fingerprint density at radius 1 is 1.30 bits per heavy atom. The summed E-state index contributed by atoms with van der Waals surface area (Å²) in [6.45, 7) is 1.06. The monoisotopic (exact) mass is 336 g/mol. The van der Waals surface area contributed by atoms with Gasteiger partial charge in [-0.05, 0) is 18.9 Å². The standard InChI is InChI=1S/C15H20N4O3S/c1-18(23(2,21)22)11-7-9-19(10-8-11)15(20)14-12-5-3-4-6-13(12)16-17-14/h3-6,11H,7-10H2,1-2H3,(H,16,17). The van der Waals surface area contributed by atoms with Gasteiger partial charge in [-0.15, -0.1) is 0 Å². The van der Waals surface area contributed by atoms with Crippen molar-refractivity contribution in [3.63, 3.8) is 0 Å². The van der Waals surface area contributed by atoms with Gasteiger partial charge in [0.15, 0.2) is 5.69 Å². The molecule has 1 aromatic heterocycles. The zero-order valence-electron chi connectivity index (χ0n) is 13.2. The number of hydrogen-bond donors (Lipinski definition) is 1. The molecule has 0 atom stereocenters. The van der Waals surface area contributed by atoms with E-state index in [-0.39, 0.29) is 11.9 Å². The number of sulfonamides is 1. The first-order valence-corrected chi connectivity index (χ1v) is 9.38. The van der Waals surface area contributed by atoms with Crippen molar-refractivity contribution in [3.05, 3.63) is 30.0 Å². The maximum atomic E-state index is 12.7. The first-order valence-electron chi connectivity index (χ1n) is 7.53. The molecule has 1 N–H and O–H groups in total. The zero-order chi connectivity index (χ0) is 16.6. The molecule has 1 aromatic carbocycles. The van der Waals surface area contributed by atoms with Gasteiger partial charge < -0.3 is 4.90 Å². The average molecular weight is 336 g/mol. The van der Waals surface area contributed by atoms with Gasteiger partial charge in [0, 0.05) is 31.6 Å². The lowest BCUT2D eigenvalue weighted by atomic mass is 10.0. The van der Waals surface area contributed by atoms with Crippen LogP contribution in [0.5, 0.6) is 0 Å². The summed E-state index contributed by atoms with van der Waals surface area (Å²) in [5, 5.41) is 7.82. The van der Waals surface area contributed by atoms with Crippen LogP contribution in [0.4, 0.5) is 0 Å². The van der Waals surface area contributed by atoms with E-state index in [2.05, 4.69) is 10.2 Å². The van der Waals surface area contributed by atoms with Crippen molar-refractivity contribution in [2.75, 3.05) is 26.4 Å². The largest absolute Gasteiger partial charge is 0.337 e. The molecule has 0 spiro atoms. The molecule has 1 aliphatic heterocycles. The molecule has 124 valence electrons. The first kappa shape index (κ1) is 15.9. The second-order valence-electron chi connectivity index (χ2n) is 5.92. The second kappa shape index (κ2) is 5.93. The van der Waals surface area contributed by atoms with Crippen LogP contribution in [0.25, 0.3) is 10.9 Å². The third-order valence-corrected chi connectivity index (χ3v) is 5.81. The van der Waals surface area contributed by atoms with Crippen LogP contribution in [-0.2, 0) is 10.0 Å². The van der Waals surface area contributed by atoms with Crippen LogP contribution >= 0.6 is 0 Å². The van der Waals surface area contributed by atoms with Crippen molar-refractivity contribution in [1.29, 1.82) is 0 Å². The summed E-state index contributed by atoms with van der Waals surface area (Å²) < 4.78 is 24.6. The molecule has 0 unspecified atom stereocenters. The van der Waals surface area contributed by atoms with Crippen molar-refractivity contribution in [2.24, 2.45) is 0 Å². The normalized spacial score (nSPS) is 17.1. The van der Waals surface area contributed by atoms with E-state index in [9.17, 15) is 13.2 Å². The van der Waals surface area contributed by atoms with E-state index in [4.69, 9.17) is 0 Å². The minimum atomic E-state index is -3.20. The Bertz CT molecular complexity index is 822. The van der Waals surface area contributed by atoms with Gasteiger partial charge in [0.25, 0.3) is 5.91 Å². The summed E-state index contributed by atoms with van der Waals surface area (Å²) in [5.41, 5.74) is 1.26. The number of hydrogen-bond acceptors (Lipinski definition) is 4. The molecule has 2 aromatic rings. The molecule has 0 saturated carbocycles. The van der Waals surface area contributed by atoms with Crippen molar-refractivity contribution in [3.8, 4) is 0 Å². The number of H-pyrrole nitrogens is 1. The van der Waals surface area contributed by atoms with Crippen molar-refractivity contribution in [2.45, 2.75) is 18.9 Å². The van der Waals surface area contributed by atoms with E-state index < -0.39 is 10.0 Å². The van der Waals surface area contributed by atoms with Crippen LogP contribution in [0.1, 0.15) is 23.3 Å². The van der Waals surface area contributed by atoms with Gasteiger partial charge in [-0.25, -0.2) is 12.7 Å². The number of likely N-dealkylation sites (tertiary alicyclic amines) is 1. The molecule has 0 bridgehead atoms. The van der Waals surface area contributed by atoms with Gasteiger partial charge >= 0.3 is 0 Å². The predicted octanol–water partition coefficient (Wildman–Crippen LogP) is 1.06. The van der Waals surface area contributed by atoms with Crippen LogP contribution in [0, 0.1) is 0 Å². The lowest BCUT2D eigenvalue weighted by Crippen LogP contribution is -2.47. The number of aromatic amines is 1. The summed E-state index contributed by atoms with van der Waals surface area (Å²) >= 11 is 0. The molecule has 0 radical (unpaired) electrons. The highest BCUT2D eigenvalue weighted by Crippen LogP contribution is 2.21. The van der Waals surface area contributed by atoms with E-state index >= 15 is 0 Å². The Morgan fingerprint density at radius 2 is 1.96 bits per heavy atom. The number of piperidine rings is 1. The Labute approximate surface area is 135 Å². The summed E-state index contributed by atoms with van der Waals surface area (Å²) in [7, 11) is -1.60. The second-order valence-corrected chi connectivity index (χ2v) is 7.96. The van der Waals surface area contributed by atoms with Crippen molar-refractivity contribution in [1.82, 2.24) is 19.4 Å². The molecule has 23 heavy (non-hydrogen) atoms. The Kier molecular flexibility index (Phi) is 4.11. The number of amides is 1. The van der Waals surface area contributed by atoms with Gasteiger partial charge in [-0.3, -0.25) is 9.89 Å². The number of benzene rings is 1. The highest BCUT2D eigenvalue weighted by atomic mass is 32.2. The van der Waals surface area contributed by atoms with Crippen LogP contribution in [-0.4, -0.2) is 66.2 Å². The number of nitrogens with zero attached hydrogens (tertiary/aromatic N) is 3. The fraction of sp³-hybridized carbons (Fsp3) is 0.467. The third-order valence-electron chi connectivity index (χ3n) is 4.46. The smallest absolute Gasteiger partial charge is 0.274 e. The molecular formula is C15H20N4O3S. The Morgan fingerprint density at radius 3 is 2.61 bits per heavy atom. The fourth-order valence-corrected chi connectivity index (χ4v) is 3.73. The zero-order valence-corrected chi connectivity index (χ0v) is 14.0. The number of carbonyl (C=O) groups is 1.